The summed E-state index contributed by atoms with van der Waals surface area (Å²) < 4.78 is 27.9. The smallest absolute Gasteiger partial charge is 0.241 e. The van der Waals surface area contributed by atoms with Gasteiger partial charge in [-0.2, -0.15) is 5.26 Å². The number of hydrogen-bond acceptors (Lipinski definition) is 4. The molecule has 1 fully saturated rings. The van der Waals surface area contributed by atoms with E-state index in [0.717, 1.165) is 25.7 Å². The molecule has 1 aliphatic rings. The SMILES string of the molecule is Cc1cc(C#N)ccc1S(=O)(=O)NC1CCCCC1CN.Cl. The molecule has 0 spiro atoms. The lowest BCUT2D eigenvalue weighted by molar-refractivity contribution is 0.296. The van der Waals surface area contributed by atoms with E-state index in [2.05, 4.69) is 4.72 Å². The second-order valence-corrected chi connectivity index (χ2v) is 7.28. The van der Waals surface area contributed by atoms with Crippen LogP contribution in [-0.4, -0.2) is 21.0 Å². The molecule has 2 unspecified atom stereocenters. The van der Waals surface area contributed by atoms with Crippen LogP contribution >= 0.6 is 12.4 Å². The number of hydrogen-bond donors (Lipinski definition) is 2. The Kier molecular flexibility index (Phi) is 6.82. The maximum Gasteiger partial charge on any atom is 0.241 e. The summed E-state index contributed by atoms with van der Waals surface area (Å²) in [5.41, 5.74) is 6.79. The fourth-order valence-electron chi connectivity index (χ4n) is 2.93. The van der Waals surface area contributed by atoms with Crippen LogP contribution < -0.4 is 10.5 Å². The van der Waals surface area contributed by atoms with Crippen molar-refractivity contribution in [2.45, 2.75) is 43.5 Å². The highest BCUT2D eigenvalue weighted by Crippen LogP contribution is 2.26. The minimum Gasteiger partial charge on any atom is -0.330 e. The molecule has 0 heterocycles. The molecular weight excluding hydrogens is 322 g/mol. The third kappa shape index (κ3) is 4.20. The summed E-state index contributed by atoms with van der Waals surface area (Å²) in [6.45, 7) is 2.20. The highest BCUT2D eigenvalue weighted by atomic mass is 35.5. The van der Waals surface area contributed by atoms with Gasteiger partial charge in [-0.05, 0) is 56.0 Å². The summed E-state index contributed by atoms with van der Waals surface area (Å²) in [5, 5.41) is 8.85. The number of nitrogens with zero attached hydrogens (tertiary/aromatic N) is 1. The van der Waals surface area contributed by atoms with Gasteiger partial charge in [-0.15, -0.1) is 12.4 Å². The standard InChI is InChI=1S/C15H21N3O2S.ClH/c1-11-8-12(9-16)6-7-15(11)21(19,20)18-14-5-3-2-4-13(14)10-17;/h6-8,13-14,18H,2-5,10,17H2,1H3;1H. The van der Waals surface area contributed by atoms with Crippen LogP contribution in [0.3, 0.4) is 0 Å². The first-order chi connectivity index (χ1) is 9.97. The largest absolute Gasteiger partial charge is 0.330 e. The maximum absolute atomic E-state index is 12.5. The molecule has 7 heteroatoms. The molecule has 0 aliphatic heterocycles. The number of sulfonamides is 1. The molecule has 1 saturated carbocycles. The van der Waals surface area contributed by atoms with E-state index < -0.39 is 10.0 Å². The van der Waals surface area contributed by atoms with E-state index in [-0.39, 0.29) is 29.3 Å². The summed E-state index contributed by atoms with van der Waals surface area (Å²) in [4.78, 5) is 0.239. The Labute approximate surface area is 138 Å². The summed E-state index contributed by atoms with van der Waals surface area (Å²) in [6, 6.07) is 6.54. The molecule has 1 aliphatic carbocycles. The number of benzene rings is 1. The molecule has 22 heavy (non-hydrogen) atoms. The van der Waals surface area contributed by atoms with E-state index in [9.17, 15) is 8.42 Å². The van der Waals surface area contributed by atoms with Gasteiger partial charge < -0.3 is 5.73 Å². The van der Waals surface area contributed by atoms with Crippen molar-refractivity contribution in [3.05, 3.63) is 29.3 Å². The minimum absolute atomic E-state index is 0. The highest BCUT2D eigenvalue weighted by molar-refractivity contribution is 7.89. The van der Waals surface area contributed by atoms with Crippen LogP contribution in [0.5, 0.6) is 0 Å². The zero-order chi connectivity index (χ0) is 15.5. The summed E-state index contributed by atoms with van der Waals surface area (Å²) in [6.07, 6.45) is 3.93. The molecule has 2 rings (SSSR count). The van der Waals surface area contributed by atoms with Gasteiger partial charge in [-0.3, -0.25) is 0 Å². The average Bonchev–Trinajstić information content (AvgIpc) is 2.47. The van der Waals surface area contributed by atoms with Gasteiger partial charge in [-0.25, -0.2) is 13.1 Å². The molecule has 122 valence electrons. The van der Waals surface area contributed by atoms with Gasteiger partial charge in [0.05, 0.1) is 16.5 Å². The zero-order valence-corrected chi connectivity index (χ0v) is 14.2. The Morgan fingerprint density at radius 1 is 1.36 bits per heavy atom. The number of aryl methyl sites for hydroxylation is 1. The maximum atomic E-state index is 12.5. The molecular formula is C15H22ClN3O2S. The van der Waals surface area contributed by atoms with Crippen LogP contribution in [0.2, 0.25) is 0 Å². The van der Waals surface area contributed by atoms with E-state index >= 15 is 0 Å². The van der Waals surface area contributed by atoms with Crippen LogP contribution in [0.4, 0.5) is 0 Å². The molecule has 5 nitrogen and oxygen atoms in total. The van der Waals surface area contributed by atoms with Crippen molar-refractivity contribution in [1.29, 1.82) is 5.26 Å². The Bertz CT molecular complexity index is 655. The van der Waals surface area contributed by atoms with Crippen LogP contribution in [0.25, 0.3) is 0 Å². The van der Waals surface area contributed by atoms with Crippen molar-refractivity contribution in [3.63, 3.8) is 0 Å². The number of nitrogens with one attached hydrogen (secondary N) is 1. The van der Waals surface area contributed by atoms with Crippen molar-refractivity contribution in [2.24, 2.45) is 11.7 Å². The Hall–Kier alpha value is -1.13. The Morgan fingerprint density at radius 2 is 2.05 bits per heavy atom. The molecule has 1 aromatic rings. The van der Waals surface area contributed by atoms with Crippen molar-refractivity contribution in [3.8, 4) is 6.07 Å². The quantitative estimate of drug-likeness (QED) is 0.874. The van der Waals surface area contributed by atoms with E-state index in [1.165, 1.54) is 12.1 Å². The Morgan fingerprint density at radius 3 is 2.64 bits per heavy atom. The van der Waals surface area contributed by atoms with Gasteiger partial charge in [0, 0.05) is 6.04 Å². The number of nitrogens with two attached hydrogens (primary N) is 1. The first-order valence-electron chi connectivity index (χ1n) is 7.21. The van der Waals surface area contributed by atoms with Gasteiger partial charge in [0.1, 0.15) is 0 Å². The van der Waals surface area contributed by atoms with Crippen LogP contribution in [-0.2, 0) is 10.0 Å². The number of halogens is 1. The molecule has 0 bridgehead atoms. The third-order valence-corrected chi connectivity index (χ3v) is 5.76. The lowest BCUT2D eigenvalue weighted by Crippen LogP contribution is -2.44. The Balaban J connectivity index is 0.00000242. The molecule has 0 amide bonds. The summed E-state index contributed by atoms with van der Waals surface area (Å²) in [5.74, 6) is 0.201. The lowest BCUT2D eigenvalue weighted by Gasteiger charge is -2.31. The van der Waals surface area contributed by atoms with E-state index in [4.69, 9.17) is 11.0 Å². The summed E-state index contributed by atoms with van der Waals surface area (Å²) in [7, 11) is -3.57. The minimum atomic E-state index is -3.57. The predicted molar refractivity (Wildman–Crippen MR) is 88.3 cm³/mol. The first-order valence-corrected chi connectivity index (χ1v) is 8.69. The van der Waals surface area contributed by atoms with Crippen molar-refractivity contribution < 1.29 is 8.42 Å². The van der Waals surface area contributed by atoms with Gasteiger partial charge in [-0.1, -0.05) is 12.8 Å². The van der Waals surface area contributed by atoms with E-state index in [1.54, 1.807) is 13.0 Å². The molecule has 0 saturated heterocycles. The van der Waals surface area contributed by atoms with Crippen molar-refractivity contribution >= 4 is 22.4 Å². The number of rotatable bonds is 4. The molecule has 3 N–H and O–H groups in total. The van der Waals surface area contributed by atoms with E-state index in [0.29, 0.717) is 17.7 Å². The molecule has 2 atom stereocenters. The topological polar surface area (TPSA) is 96.0 Å². The van der Waals surface area contributed by atoms with Crippen LogP contribution in [0, 0.1) is 24.2 Å². The van der Waals surface area contributed by atoms with Gasteiger partial charge >= 0.3 is 0 Å². The number of nitriles is 1. The van der Waals surface area contributed by atoms with Crippen molar-refractivity contribution in [1.82, 2.24) is 4.72 Å². The average molecular weight is 344 g/mol. The highest BCUT2D eigenvalue weighted by Gasteiger charge is 2.29. The molecule has 1 aromatic carbocycles. The lowest BCUT2D eigenvalue weighted by atomic mass is 9.85. The monoisotopic (exact) mass is 343 g/mol. The van der Waals surface area contributed by atoms with Gasteiger partial charge in [0.2, 0.25) is 10.0 Å². The van der Waals surface area contributed by atoms with Crippen LogP contribution in [0.1, 0.15) is 36.8 Å². The second kappa shape index (κ2) is 7.93. The second-order valence-electron chi connectivity index (χ2n) is 5.60. The normalized spacial score (nSPS) is 21.7. The fourth-order valence-corrected chi connectivity index (χ4v) is 4.49. The van der Waals surface area contributed by atoms with Gasteiger partial charge in [0.15, 0.2) is 0 Å². The fraction of sp³-hybridized carbons (Fsp3) is 0.533. The third-order valence-electron chi connectivity index (χ3n) is 4.11. The van der Waals surface area contributed by atoms with Gasteiger partial charge in [0.25, 0.3) is 0 Å². The first kappa shape index (κ1) is 18.9. The summed E-state index contributed by atoms with van der Waals surface area (Å²) >= 11 is 0. The van der Waals surface area contributed by atoms with Crippen molar-refractivity contribution in [2.75, 3.05) is 6.54 Å². The van der Waals surface area contributed by atoms with E-state index in [1.807, 2.05) is 6.07 Å². The van der Waals surface area contributed by atoms with Crippen LogP contribution in [0.15, 0.2) is 23.1 Å². The zero-order valence-electron chi connectivity index (χ0n) is 12.6. The predicted octanol–water partition coefficient (Wildman–Crippen LogP) is 2.08. The molecule has 0 radical (unpaired) electrons. The molecule has 0 aromatic heterocycles.